The van der Waals surface area contributed by atoms with Gasteiger partial charge in [0, 0.05) is 22.4 Å². The molecule has 1 amide bonds. The molecule has 2 aromatic heterocycles. The Morgan fingerprint density at radius 3 is 2.75 bits per heavy atom. The molecule has 0 saturated carbocycles. The summed E-state index contributed by atoms with van der Waals surface area (Å²) in [6.45, 7) is 5.72. The van der Waals surface area contributed by atoms with Crippen LogP contribution < -0.4 is 10.1 Å². The lowest BCUT2D eigenvalue weighted by atomic mass is 10.1. The van der Waals surface area contributed by atoms with Crippen molar-refractivity contribution >= 4 is 27.8 Å². The van der Waals surface area contributed by atoms with Crippen LogP contribution >= 0.6 is 0 Å². The van der Waals surface area contributed by atoms with E-state index < -0.39 is 0 Å². The minimum atomic E-state index is -0.233. The van der Waals surface area contributed by atoms with Gasteiger partial charge < -0.3 is 18.9 Å². The Morgan fingerprint density at radius 1 is 1.21 bits per heavy atom. The molecule has 2 aromatic carbocycles. The molecule has 1 unspecified atom stereocenters. The molecular weight excluding hydrogens is 356 g/mol. The lowest BCUT2D eigenvalue weighted by Crippen LogP contribution is -2.32. The van der Waals surface area contributed by atoms with E-state index in [1.54, 1.807) is 14.0 Å². The number of carbonyl (C=O) groups excluding carboxylic acids is 1. The van der Waals surface area contributed by atoms with Crippen LogP contribution in [0.15, 0.2) is 45.2 Å². The van der Waals surface area contributed by atoms with Crippen molar-refractivity contribution in [3.05, 3.63) is 47.9 Å². The molecule has 0 aliphatic carbocycles. The average molecular weight is 378 g/mol. The van der Waals surface area contributed by atoms with Gasteiger partial charge in [0.2, 0.25) is 5.89 Å². The molecule has 4 aromatic rings. The minimum Gasteiger partial charge on any atom is -0.493 e. The van der Waals surface area contributed by atoms with Gasteiger partial charge in [0.1, 0.15) is 11.3 Å². The Balaban J connectivity index is 1.88. The first-order valence-electron chi connectivity index (χ1n) is 9.30. The van der Waals surface area contributed by atoms with Crippen LogP contribution in [-0.4, -0.2) is 24.0 Å². The van der Waals surface area contributed by atoms with Gasteiger partial charge in [0.05, 0.1) is 7.11 Å². The number of hydrogen-bond donors (Lipinski definition) is 1. The summed E-state index contributed by atoms with van der Waals surface area (Å²) in [6, 6.07) is 11.5. The lowest BCUT2D eigenvalue weighted by molar-refractivity contribution is 0.0933. The second-order valence-corrected chi connectivity index (χ2v) is 6.82. The van der Waals surface area contributed by atoms with E-state index in [2.05, 4.69) is 10.3 Å². The number of fused-ring (bicyclic) bond motifs is 3. The fourth-order valence-electron chi connectivity index (χ4n) is 3.26. The quantitative estimate of drug-likeness (QED) is 0.524. The Kier molecular flexibility index (Phi) is 4.55. The van der Waals surface area contributed by atoms with Crippen molar-refractivity contribution in [3.63, 3.8) is 0 Å². The molecule has 0 spiro atoms. The van der Waals surface area contributed by atoms with E-state index in [0.29, 0.717) is 28.7 Å². The molecular formula is C22H22N2O4. The maximum absolute atomic E-state index is 12.5. The molecule has 0 fully saturated rings. The molecule has 144 valence electrons. The summed E-state index contributed by atoms with van der Waals surface area (Å²) in [5, 5.41) is 4.72. The summed E-state index contributed by atoms with van der Waals surface area (Å²) in [6.07, 6.45) is 0.843. The molecule has 1 N–H and O–H groups in total. The highest BCUT2D eigenvalue weighted by molar-refractivity contribution is 6.13. The van der Waals surface area contributed by atoms with Gasteiger partial charge in [-0.15, -0.1) is 0 Å². The molecule has 0 radical (unpaired) electrons. The largest absolute Gasteiger partial charge is 0.493 e. The number of oxazole rings is 1. The summed E-state index contributed by atoms with van der Waals surface area (Å²) in [5.41, 5.74) is 2.43. The highest BCUT2D eigenvalue weighted by atomic mass is 16.5. The number of hydrogen-bond acceptors (Lipinski definition) is 5. The molecule has 28 heavy (non-hydrogen) atoms. The number of benzene rings is 2. The predicted molar refractivity (Wildman–Crippen MR) is 108 cm³/mol. The molecule has 0 aliphatic heterocycles. The monoisotopic (exact) mass is 378 g/mol. The first-order chi connectivity index (χ1) is 13.5. The lowest BCUT2D eigenvalue weighted by Gasteiger charge is -2.09. The number of nitrogens with zero attached hydrogens (tertiary/aromatic N) is 1. The SMILES string of the molecule is CCC(C)NC(=O)c1nc(-c2ccc(OC)c3oc4ccccc4c23)oc1C. The average Bonchev–Trinajstić information content (AvgIpc) is 3.28. The van der Waals surface area contributed by atoms with Gasteiger partial charge in [-0.1, -0.05) is 25.1 Å². The van der Waals surface area contributed by atoms with Gasteiger partial charge in [-0.25, -0.2) is 4.98 Å². The van der Waals surface area contributed by atoms with Crippen LogP contribution in [0.4, 0.5) is 0 Å². The third kappa shape index (κ3) is 2.91. The van der Waals surface area contributed by atoms with Gasteiger partial charge in [-0.3, -0.25) is 4.79 Å². The van der Waals surface area contributed by atoms with Gasteiger partial charge in [0.15, 0.2) is 17.0 Å². The zero-order chi connectivity index (χ0) is 19.8. The van der Waals surface area contributed by atoms with Crippen molar-refractivity contribution < 1.29 is 18.4 Å². The van der Waals surface area contributed by atoms with Crippen molar-refractivity contribution in [2.24, 2.45) is 0 Å². The van der Waals surface area contributed by atoms with Crippen LogP contribution in [0, 0.1) is 6.92 Å². The number of amides is 1. The van der Waals surface area contributed by atoms with Crippen molar-refractivity contribution in [1.29, 1.82) is 0 Å². The van der Waals surface area contributed by atoms with Gasteiger partial charge >= 0.3 is 0 Å². The van der Waals surface area contributed by atoms with Gasteiger partial charge in [-0.05, 0) is 38.5 Å². The topological polar surface area (TPSA) is 77.5 Å². The van der Waals surface area contributed by atoms with Gasteiger partial charge in [-0.2, -0.15) is 0 Å². The Hall–Kier alpha value is -3.28. The van der Waals surface area contributed by atoms with Gasteiger partial charge in [0.25, 0.3) is 5.91 Å². The van der Waals surface area contributed by atoms with E-state index in [1.165, 1.54) is 0 Å². The van der Waals surface area contributed by atoms with Crippen molar-refractivity contribution in [2.75, 3.05) is 7.11 Å². The molecule has 6 nitrogen and oxygen atoms in total. The minimum absolute atomic E-state index is 0.0672. The number of methoxy groups -OCH3 is 1. The second kappa shape index (κ2) is 7.03. The summed E-state index contributed by atoms with van der Waals surface area (Å²) in [5.74, 6) is 1.26. The number of ether oxygens (including phenoxy) is 1. The molecule has 1 atom stereocenters. The summed E-state index contributed by atoms with van der Waals surface area (Å²) in [4.78, 5) is 17.0. The van der Waals surface area contributed by atoms with Crippen LogP contribution in [0.1, 0.15) is 36.5 Å². The van der Waals surface area contributed by atoms with Crippen molar-refractivity contribution in [2.45, 2.75) is 33.2 Å². The number of rotatable bonds is 5. The predicted octanol–water partition coefficient (Wildman–Crippen LogP) is 5.09. The number of nitrogens with one attached hydrogen (secondary N) is 1. The smallest absolute Gasteiger partial charge is 0.273 e. The van der Waals surface area contributed by atoms with Crippen LogP contribution in [0.25, 0.3) is 33.4 Å². The highest BCUT2D eigenvalue weighted by Gasteiger charge is 2.23. The standard InChI is InChI=1S/C22H22N2O4/c1-5-12(2)23-21(25)19-13(3)27-22(24-19)15-10-11-17(26-4)20-18(15)14-8-6-7-9-16(14)28-20/h6-12H,5H2,1-4H3,(H,23,25). The highest BCUT2D eigenvalue weighted by Crippen LogP contribution is 2.41. The third-order valence-electron chi connectivity index (χ3n) is 4.94. The normalized spacial score (nSPS) is 12.4. The number of aromatic nitrogens is 1. The Morgan fingerprint density at radius 2 is 2.00 bits per heavy atom. The van der Waals surface area contributed by atoms with E-state index in [9.17, 15) is 4.79 Å². The zero-order valence-corrected chi connectivity index (χ0v) is 16.3. The first kappa shape index (κ1) is 18.1. The van der Waals surface area contributed by atoms with Crippen molar-refractivity contribution in [3.8, 4) is 17.2 Å². The summed E-state index contributed by atoms with van der Waals surface area (Å²) in [7, 11) is 1.61. The summed E-state index contributed by atoms with van der Waals surface area (Å²) >= 11 is 0. The fraction of sp³-hybridized carbons (Fsp3) is 0.273. The molecule has 6 heteroatoms. The number of carbonyl (C=O) groups is 1. The molecule has 0 bridgehead atoms. The van der Waals surface area contributed by atoms with Crippen LogP contribution in [0.5, 0.6) is 5.75 Å². The molecule has 0 saturated heterocycles. The van der Waals surface area contributed by atoms with E-state index >= 15 is 0 Å². The number of furan rings is 1. The van der Waals surface area contributed by atoms with Crippen molar-refractivity contribution in [1.82, 2.24) is 10.3 Å². The van der Waals surface area contributed by atoms with Crippen LogP contribution in [0.3, 0.4) is 0 Å². The Labute approximate surface area is 162 Å². The maximum Gasteiger partial charge on any atom is 0.273 e. The zero-order valence-electron chi connectivity index (χ0n) is 16.3. The number of aryl methyl sites for hydroxylation is 1. The van der Waals surface area contributed by atoms with E-state index in [1.807, 2.05) is 50.2 Å². The number of para-hydroxylation sites is 1. The molecule has 0 aliphatic rings. The van der Waals surface area contributed by atoms with Crippen LogP contribution in [-0.2, 0) is 0 Å². The molecule has 4 rings (SSSR count). The third-order valence-corrected chi connectivity index (χ3v) is 4.94. The van der Waals surface area contributed by atoms with Crippen LogP contribution in [0.2, 0.25) is 0 Å². The first-order valence-corrected chi connectivity index (χ1v) is 9.30. The Bertz CT molecular complexity index is 1170. The second-order valence-electron chi connectivity index (χ2n) is 6.82. The van der Waals surface area contributed by atoms with E-state index in [4.69, 9.17) is 13.6 Å². The van der Waals surface area contributed by atoms with E-state index in [0.717, 1.165) is 28.3 Å². The fourth-order valence-corrected chi connectivity index (χ4v) is 3.26. The van der Waals surface area contributed by atoms with E-state index in [-0.39, 0.29) is 11.9 Å². The maximum atomic E-state index is 12.5. The molecule has 2 heterocycles. The summed E-state index contributed by atoms with van der Waals surface area (Å²) < 4.78 is 17.4.